The molecule has 0 spiro atoms. The second-order valence-corrected chi connectivity index (χ2v) is 8.56. The van der Waals surface area contributed by atoms with Crippen LogP contribution in [0.3, 0.4) is 0 Å². The molecule has 0 radical (unpaired) electrons. The largest absolute Gasteiger partial charge is 0.573 e. The van der Waals surface area contributed by atoms with Crippen LogP contribution in [-0.2, 0) is 0 Å². The Labute approximate surface area is 192 Å². The van der Waals surface area contributed by atoms with E-state index in [-0.39, 0.29) is 11.8 Å². The van der Waals surface area contributed by atoms with Gasteiger partial charge in [-0.3, -0.25) is 0 Å². The Kier molecular flexibility index (Phi) is 5.73. The highest BCUT2D eigenvalue weighted by molar-refractivity contribution is 7.98. The van der Waals surface area contributed by atoms with Crippen LogP contribution in [0, 0.1) is 0 Å². The zero-order valence-electron chi connectivity index (χ0n) is 17.2. The lowest BCUT2D eigenvalue weighted by molar-refractivity contribution is -0.274. The van der Waals surface area contributed by atoms with Gasteiger partial charge in [-0.15, -0.1) is 13.2 Å². The lowest BCUT2D eigenvalue weighted by Crippen LogP contribution is -2.41. The first-order chi connectivity index (χ1) is 15.9. The summed E-state index contributed by atoms with van der Waals surface area (Å²) >= 11 is 1.29. The Balaban J connectivity index is 1.28. The van der Waals surface area contributed by atoms with Gasteiger partial charge in [0.25, 0.3) is 0 Å². The van der Waals surface area contributed by atoms with Gasteiger partial charge < -0.3 is 24.2 Å². The average Bonchev–Trinajstić information content (AvgIpc) is 3.16. The second kappa shape index (κ2) is 8.69. The monoisotopic (exact) mass is 475 g/mol. The molecule has 0 saturated carbocycles. The van der Waals surface area contributed by atoms with Gasteiger partial charge in [-0.25, -0.2) is 4.31 Å². The number of fused-ring (bicyclic) bond motifs is 2. The average molecular weight is 475 g/mol. The van der Waals surface area contributed by atoms with E-state index in [0.717, 1.165) is 22.9 Å². The fraction of sp³-hybridized carbons (Fsp3) is 0.217. The van der Waals surface area contributed by atoms with Gasteiger partial charge >= 0.3 is 6.36 Å². The summed E-state index contributed by atoms with van der Waals surface area (Å²) < 4.78 is 52.0. The van der Waals surface area contributed by atoms with Crippen molar-refractivity contribution in [3.63, 3.8) is 0 Å². The van der Waals surface area contributed by atoms with Crippen molar-refractivity contribution in [1.82, 2.24) is 4.31 Å². The van der Waals surface area contributed by atoms with Gasteiger partial charge in [0.2, 0.25) is 0 Å². The van der Waals surface area contributed by atoms with Gasteiger partial charge in [0, 0.05) is 30.9 Å². The number of hydrogen-bond donors (Lipinski definition) is 2. The van der Waals surface area contributed by atoms with Crippen molar-refractivity contribution in [2.45, 2.75) is 18.5 Å². The van der Waals surface area contributed by atoms with E-state index in [1.54, 1.807) is 0 Å². The summed E-state index contributed by atoms with van der Waals surface area (Å²) in [6, 6.07) is 20.7. The van der Waals surface area contributed by atoms with Crippen molar-refractivity contribution >= 4 is 29.2 Å². The topological polar surface area (TPSA) is 57.2 Å². The number of hydrogen-bond acceptors (Lipinski definition) is 7. The van der Waals surface area contributed by atoms with E-state index in [1.807, 2.05) is 52.8 Å². The summed E-state index contributed by atoms with van der Waals surface area (Å²) in [4.78, 5) is 2.11. The molecule has 0 aromatic heterocycles. The molecule has 6 nitrogen and oxygen atoms in total. The molecule has 33 heavy (non-hydrogen) atoms. The van der Waals surface area contributed by atoms with Crippen LogP contribution in [0.15, 0.2) is 72.8 Å². The van der Waals surface area contributed by atoms with Crippen LogP contribution >= 0.6 is 12.1 Å². The molecule has 2 aliphatic heterocycles. The minimum absolute atomic E-state index is 0.215. The molecule has 0 bridgehead atoms. The highest BCUT2D eigenvalue weighted by Gasteiger charge is 2.40. The van der Waals surface area contributed by atoms with E-state index in [9.17, 15) is 18.3 Å². The zero-order valence-corrected chi connectivity index (χ0v) is 18.0. The Hall–Kier alpha value is -3.08. The molecule has 5 rings (SSSR count). The second-order valence-electron chi connectivity index (χ2n) is 7.65. The van der Waals surface area contributed by atoms with Gasteiger partial charge in [0.1, 0.15) is 5.75 Å². The molecular formula is C23H20F3N3O3S. The van der Waals surface area contributed by atoms with E-state index < -0.39 is 12.5 Å². The molecule has 0 amide bonds. The van der Waals surface area contributed by atoms with Crippen LogP contribution in [0.5, 0.6) is 17.2 Å². The van der Waals surface area contributed by atoms with Crippen LogP contribution < -0.4 is 19.1 Å². The molecule has 2 atom stereocenters. The van der Waals surface area contributed by atoms with Crippen LogP contribution in [0.25, 0.3) is 0 Å². The predicted molar refractivity (Wildman–Crippen MR) is 121 cm³/mol. The van der Waals surface area contributed by atoms with Crippen molar-refractivity contribution in [3.05, 3.63) is 72.8 Å². The Morgan fingerprint density at radius 2 is 1.52 bits per heavy atom. The summed E-state index contributed by atoms with van der Waals surface area (Å²) in [7, 11) is 0. The highest BCUT2D eigenvalue weighted by atomic mass is 32.2. The van der Waals surface area contributed by atoms with E-state index >= 15 is 0 Å². The molecule has 1 fully saturated rings. The normalized spacial score (nSPS) is 20.1. The van der Waals surface area contributed by atoms with Crippen LogP contribution in [0.4, 0.5) is 30.2 Å². The lowest BCUT2D eigenvalue weighted by Gasteiger charge is -2.37. The van der Waals surface area contributed by atoms with Gasteiger partial charge in [-0.2, -0.15) is 0 Å². The number of ether oxygens (including phenoxy) is 2. The molecule has 1 unspecified atom stereocenters. The number of para-hydroxylation sites is 4. The van der Waals surface area contributed by atoms with Gasteiger partial charge in [0.15, 0.2) is 11.5 Å². The molecule has 1 saturated heterocycles. The highest BCUT2D eigenvalue weighted by Crippen LogP contribution is 2.48. The molecule has 2 aliphatic rings. The fourth-order valence-corrected chi connectivity index (χ4v) is 4.82. The zero-order chi connectivity index (χ0) is 23.0. The Bertz CT molecular complexity index is 1080. The SMILES string of the molecule is O[C@H]1CN(SNc2ccc(OC(F)(F)F)cc2)CC1N1c2ccccc2Oc2ccccc21. The van der Waals surface area contributed by atoms with Crippen LogP contribution in [0.1, 0.15) is 0 Å². The number of aliphatic hydroxyl groups is 1. The quantitative estimate of drug-likeness (QED) is 0.470. The number of nitrogens with one attached hydrogen (secondary N) is 1. The Morgan fingerprint density at radius 1 is 0.909 bits per heavy atom. The summed E-state index contributed by atoms with van der Waals surface area (Å²) in [5.74, 6) is 1.18. The number of nitrogens with zero attached hydrogens (tertiary/aromatic N) is 2. The number of benzene rings is 3. The van der Waals surface area contributed by atoms with Crippen molar-refractivity contribution in [3.8, 4) is 17.2 Å². The van der Waals surface area contributed by atoms with Crippen LogP contribution in [0.2, 0.25) is 0 Å². The first-order valence-electron chi connectivity index (χ1n) is 10.2. The fourth-order valence-electron chi connectivity index (χ4n) is 4.00. The van der Waals surface area contributed by atoms with Crippen molar-refractivity contribution in [1.29, 1.82) is 0 Å². The number of halogens is 3. The van der Waals surface area contributed by atoms with Crippen molar-refractivity contribution < 1.29 is 27.8 Å². The first-order valence-corrected chi connectivity index (χ1v) is 11.0. The summed E-state index contributed by atoms with van der Waals surface area (Å²) in [6.07, 6.45) is -5.35. The van der Waals surface area contributed by atoms with Gasteiger partial charge in [-0.1, -0.05) is 24.3 Å². The number of rotatable bonds is 5. The van der Waals surface area contributed by atoms with Gasteiger partial charge in [0.05, 0.1) is 23.5 Å². The number of β-amino-alcohol motifs (C(OH)–C–C–N with tert-alkyl or cyclic N) is 1. The number of aliphatic hydroxyl groups excluding tert-OH is 1. The summed E-state index contributed by atoms with van der Waals surface area (Å²) in [5, 5.41) is 10.9. The molecule has 0 aliphatic carbocycles. The molecule has 2 heterocycles. The third-order valence-electron chi connectivity index (χ3n) is 5.41. The predicted octanol–water partition coefficient (Wildman–Crippen LogP) is 5.55. The third-order valence-corrected chi connectivity index (χ3v) is 6.29. The summed E-state index contributed by atoms with van der Waals surface area (Å²) in [5.41, 5.74) is 2.40. The first kappa shape index (κ1) is 21.7. The Morgan fingerprint density at radius 3 is 2.12 bits per heavy atom. The van der Waals surface area contributed by atoms with E-state index in [0.29, 0.717) is 18.8 Å². The number of anilines is 3. The van der Waals surface area contributed by atoms with Crippen molar-refractivity contribution in [2.24, 2.45) is 0 Å². The van der Waals surface area contributed by atoms with Crippen molar-refractivity contribution in [2.75, 3.05) is 22.7 Å². The van der Waals surface area contributed by atoms with E-state index in [4.69, 9.17) is 4.74 Å². The molecule has 10 heteroatoms. The molecule has 2 N–H and O–H groups in total. The molecular weight excluding hydrogens is 455 g/mol. The standard InChI is InChI=1S/C23H20F3N3O3S/c24-23(25,26)32-16-11-9-15(10-12-16)27-33-28-13-19(20(30)14-28)29-17-5-1-3-7-21(17)31-22-8-4-2-6-18(22)29/h1-12,19-20,27,30H,13-14H2/t19?,20-/m0/s1. The summed E-state index contributed by atoms with van der Waals surface area (Å²) in [6.45, 7) is 0.968. The minimum Gasteiger partial charge on any atom is -0.453 e. The van der Waals surface area contributed by atoms with E-state index in [1.165, 1.54) is 36.4 Å². The maximum atomic E-state index is 12.3. The molecule has 172 valence electrons. The molecule has 3 aromatic carbocycles. The van der Waals surface area contributed by atoms with E-state index in [2.05, 4.69) is 14.4 Å². The smallest absolute Gasteiger partial charge is 0.453 e. The van der Waals surface area contributed by atoms with Gasteiger partial charge in [-0.05, 0) is 48.5 Å². The molecule has 3 aromatic rings. The lowest BCUT2D eigenvalue weighted by atomic mass is 10.1. The number of alkyl halides is 3. The maximum Gasteiger partial charge on any atom is 0.573 e. The maximum absolute atomic E-state index is 12.3. The third kappa shape index (κ3) is 4.68. The minimum atomic E-state index is -4.72. The van der Waals surface area contributed by atoms with Crippen LogP contribution in [-0.4, -0.2) is 41.0 Å².